The topological polar surface area (TPSA) is 37.3 Å². The maximum atomic E-state index is 14.5. The van der Waals surface area contributed by atoms with Crippen LogP contribution in [0.3, 0.4) is 0 Å². The van der Waals surface area contributed by atoms with Crippen LogP contribution >= 0.6 is 0 Å². The molecule has 3 heteroatoms. The van der Waals surface area contributed by atoms with Crippen LogP contribution in [0.25, 0.3) is 22.3 Å². The number of halogens is 1. The normalized spacial score (nSPS) is 10.6. The van der Waals surface area contributed by atoms with E-state index < -0.39 is 11.8 Å². The average molecular weight is 320 g/mol. The molecule has 0 saturated heterocycles. The zero-order valence-electron chi connectivity index (χ0n) is 13.5. The molecule has 0 unspecified atom stereocenters. The Kier molecular flexibility index (Phi) is 4.17. The molecule has 0 heterocycles. The first-order chi connectivity index (χ1) is 11.5. The Morgan fingerprint density at radius 2 is 1.29 bits per heavy atom. The van der Waals surface area contributed by atoms with Crippen molar-refractivity contribution in [3.8, 4) is 22.3 Å². The number of carbonyl (C=O) groups is 1. The number of benzene rings is 3. The van der Waals surface area contributed by atoms with Crippen LogP contribution in [0.5, 0.6) is 0 Å². The lowest BCUT2D eigenvalue weighted by Gasteiger charge is -2.14. The second-order valence-electron chi connectivity index (χ2n) is 5.88. The Hall–Kier alpha value is -2.94. The highest BCUT2D eigenvalue weighted by molar-refractivity contribution is 6.03. The molecule has 24 heavy (non-hydrogen) atoms. The lowest BCUT2D eigenvalue weighted by atomic mass is 9.91. The molecule has 3 rings (SSSR count). The Balaban J connectivity index is 2.29. The standard InChI is InChI=1S/C21H17FO2/c1-13-3-7-15(8-4-13)17-11-12-18(22)19(20(17)21(23)24)16-9-5-14(2)6-10-16/h3-12H,1-2H3,(H,23,24). The van der Waals surface area contributed by atoms with Gasteiger partial charge in [-0.2, -0.15) is 0 Å². The van der Waals surface area contributed by atoms with E-state index in [1.54, 1.807) is 12.1 Å². The first kappa shape index (κ1) is 15.9. The molecule has 0 bridgehead atoms. The van der Waals surface area contributed by atoms with Crippen molar-refractivity contribution in [3.05, 3.63) is 83.2 Å². The highest BCUT2D eigenvalue weighted by Crippen LogP contribution is 2.35. The third-order valence-corrected chi connectivity index (χ3v) is 4.07. The summed E-state index contributed by atoms with van der Waals surface area (Å²) in [6, 6.07) is 17.6. The van der Waals surface area contributed by atoms with E-state index in [0.29, 0.717) is 11.1 Å². The molecule has 2 nitrogen and oxygen atoms in total. The van der Waals surface area contributed by atoms with Gasteiger partial charge in [0.25, 0.3) is 0 Å². The van der Waals surface area contributed by atoms with Crippen molar-refractivity contribution in [2.24, 2.45) is 0 Å². The maximum Gasteiger partial charge on any atom is 0.337 e. The summed E-state index contributed by atoms with van der Waals surface area (Å²) in [5.74, 6) is -1.67. The zero-order valence-corrected chi connectivity index (χ0v) is 13.5. The third-order valence-electron chi connectivity index (χ3n) is 4.07. The number of carboxylic acid groups (broad SMARTS) is 1. The summed E-state index contributed by atoms with van der Waals surface area (Å²) in [6.07, 6.45) is 0. The molecule has 0 atom stereocenters. The largest absolute Gasteiger partial charge is 0.478 e. The van der Waals surface area contributed by atoms with E-state index >= 15 is 0 Å². The van der Waals surface area contributed by atoms with Crippen molar-refractivity contribution in [3.63, 3.8) is 0 Å². The van der Waals surface area contributed by atoms with E-state index in [0.717, 1.165) is 16.7 Å². The van der Waals surface area contributed by atoms with E-state index in [1.165, 1.54) is 12.1 Å². The SMILES string of the molecule is Cc1ccc(-c2ccc(F)c(-c3ccc(C)cc3)c2C(=O)O)cc1. The fraction of sp³-hybridized carbons (Fsp3) is 0.0952. The van der Waals surface area contributed by atoms with Crippen LogP contribution in [0.4, 0.5) is 4.39 Å². The number of aryl methyl sites for hydroxylation is 2. The van der Waals surface area contributed by atoms with Crippen molar-refractivity contribution < 1.29 is 14.3 Å². The van der Waals surface area contributed by atoms with Crippen molar-refractivity contribution in [1.29, 1.82) is 0 Å². The monoisotopic (exact) mass is 320 g/mol. The van der Waals surface area contributed by atoms with Gasteiger partial charge in [-0.05, 0) is 36.6 Å². The summed E-state index contributed by atoms with van der Waals surface area (Å²) >= 11 is 0. The number of aromatic carboxylic acids is 1. The molecule has 120 valence electrons. The summed E-state index contributed by atoms with van der Waals surface area (Å²) in [5.41, 5.74) is 4.06. The van der Waals surface area contributed by atoms with Crippen LogP contribution in [0.1, 0.15) is 21.5 Å². The minimum Gasteiger partial charge on any atom is -0.478 e. The summed E-state index contributed by atoms with van der Waals surface area (Å²) in [5, 5.41) is 9.74. The van der Waals surface area contributed by atoms with Crippen molar-refractivity contribution in [1.82, 2.24) is 0 Å². The molecule has 1 N–H and O–H groups in total. The smallest absolute Gasteiger partial charge is 0.337 e. The van der Waals surface area contributed by atoms with Crippen LogP contribution in [0.15, 0.2) is 60.7 Å². The van der Waals surface area contributed by atoms with E-state index in [1.807, 2.05) is 50.2 Å². The summed E-state index contributed by atoms with van der Waals surface area (Å²) in [6.45, 7) is 3.89. The molecule has 0 radical (unpaired) electrons. The fourth-order valence-corrected chi connectivity index (χ4v) is 2.78. The predicted octanol–water partition coefficient (Wildman–Crippen LogP) is 5.47. The number of hydrogen-bond acceptors (Lipinski definition) is 1. The molecule has 0 amide bonds. The van der Waals surface area contributed by atoms with Crippen molar-refractivity contribution in [2.75, 3.05) is 0 Å². The van der Waals surface area contributed by atoms with Gasteiger partial charge in [0.05, 0.1) is 5.56 Å². The van der Waals surface area contributed by atoms with Gasteiger partial charge in [-0.15, -0.1) is 0 Å². The minimum absolute atomic E-state index is 0.0114. The van der Waals surface area contributed by atoms with Crippen molar-refractivity contribution in [2.45, 2.75) is 13.8 Å². The lowest BCUT2D eigenvalue weighted by molar-refractivity contribution is 0.0698. The Morgan fingerprint density at radius 3 is 1.79 bits per heavy atom. The fourth-order valence-electron chi connectivity index (χ4n) is 2.78. The van der Waals surface area contributed by atoms with Crippen LogP contribution in [0.2, 0.25) is 0 Å². The minimum atomic E-state index is -1.14. The number of rotatable bonds is 3. The van der Waals surface area contributed by atoms with Gasteiger partial charge in [0, 0.05) is 5.56 Å². The van der Waals surface area contributed by atoms with Gasteiger partial charge in [0.2, 0.25) is 0 Å². The quantitative estimate of drug-likeness (QED) is 0.694. The Labute approximate surface area is 140 Å². The van der Waals surface area contributed by atoms with Crippen molar-refractivity contribution >= 4 is 5.97 Å². The second kappa shape index (κ2) is 6.28. The lowest BCUT2D eigenvalue weighted by Crippen LogP contribution is -2.05. The van der Waals surface area contributed by atoms with Gasteiger partial charge in [-0.25, -0.2) is 9.18 Å². The van der Waals surface area contributed by atoms with E-state index in [9.17, 15) is 14.3 Å². The molecule has 3 aromatic carbocycles. The molecule has 0 spiro atoms. The molecular formula is C21H17FO2. The van der Waals surface area contributed by atoms with E-state index in [-0.39, 0.29) is 11.1 Å². The summed E-state index contributed by atoms with van der Waals surface area (Å²) < 4.78 is 14.5. The second-order valence-corrected chi connectivity index (χ2v) is 5.88. The molecule has 3 aromatic rings. The van der Waals surface area contributed by atoms with Crippen LogP contribution in [0, 0.1) is 19.7 Å². The van der Waals surface area contributed by atoms with Gasteiger partial charge >= 0.3 is 5.97 Å². The molecule has 0 fully saturated rings. The van der Waals surface area contributed by atoms with Gasteiger partial charge in [0.15, 0.2) is 0 Å². The molecular weight excluding hydrogens is 303 g/mol. The molecule has 0 saturated carbocycles. The Morgan fingerprint density at radius 1 is 0.792 bits per heavy atom. The predicted molar refractivity (Wildman–Crippen MR) is 93.7 cm³/mol. The summed E-state index contributed by atoms with van der Waals surface area (Å²) in [4.78, 5) is 11.9. The Bertz CT molecular complexity index is 894. The first-order valence-corrected chi connectivity index (χ1v) is 7.67. The summed E-state index contributed by atoms with van der Waals surface area (Å²) in [7, 11) is 0. The molecule has 0 aliphatic carbocycles. The highest BCUT2D eigenvalue weighted by Gasteiger charge is 2.21. The van der Waals surface area contributed by atoms with Crippen LogP contribution in [-0.4, -0.2) is 11.1 Å². The van der Waals surface area contributed by atoms with Gasteiger partial charge in [-0.1, -0.05) is 65.7 Å². The van der Waals surface area contributed by atoms with E-state index in [4.69, 9.17) is 0 Å². The third kappa shape index (κ3) is 2.93. The van der Waals surface area contributed by atoms with Crippen LogP contribution < -0.4 is 0 Å². The average Bonchev–Trinajstić information content (AvgIpc) is 2.56. The maximum absolute atomic E-state index is 14.5. The van der Waals surface area contributed by atoms with Crippen LogP contribution in [-0.2, 0) is 0 Å². The van der Waals surface area contributed by atoms with E-state index in [2.05, 4.69) is 0 Å². The zero-order chi connectivity index (χ0) is 17.3. The highest BCUT2D eigenvalue weighted by atomic mass is 19.1. The van der Waals surface area contributed by atoms with Gasteiger partial charge < -0.3 is 5.11 Å². The molecule has 0 aliphatic rings. The molecule has 0 aromatic heterocycles. The van der Waals surface area contributed by atoms with Gasteiger partial charge in [-0.3, -0.25) is 0 Å². The molecule has 0 aliphatic heterocycles. The van der Waals surface area contributed by atoms with Gasteiger partial charge in [0.1, 0.15) is 5.82 Å². The number of hydrogen-bond donors (Lipinski definition) is 1. The number of carboxylic acids is 1. The first-order valence-electron chi connectivity index (χ1n) is 7.67.